The first kappa shape index (κ1) is 12.3. The molecule has 0 aromatic carbocycles. The van der Waals surface area contributed by atoms with Gasteiger partial charge in [-0.3, -0.25) is 9.88 Å². The van der Waals surface area contributed by atoms with Crippen LogP contribution in [0.3, 0.4) is 0 Å². The first-order chi connectivity index (χ1) is 9.33. The number of pyridine rings is 1. The lowest BCUT2D eigenvalue weighted by molar-refractivity contribution is 0.228. The normalized spacial score (nSPS) is 16.7. The highest BCUT2D eigenvalue weighted by atomic mass is 15.2. The first-order valence-corrected chi connectivity index (χ1v) is 6.72. The summed E-state index contributed by atoms with van der Waals surface area (Å²) in [5.41, 5.74) is 3.19. The van der Waals surface area contributed by atoms with E-state index in [0.29, 0.717) is 0 Å². The number of H-pyrrole nitrogens is 1. The largest absolute Gasteiger partial charge is 0.344 e. The van der Waals surface area contributed by atoms with Gasteiger partial charge in [0, 0.05) is 49.8 Å². The first-order valence-electron chi connectivity index (χ1n) is 6.72. The molecule has 2 N–H and O–H groups in total. The molecule has 0 amide bonds. The number of rotatable bonds is 3. The van der Waals surface area contributed by atoms with Gasteiger partial charge in [0.1, 0.15) is 5.82 Å². The minimum absolute atomic E-state index is 0.892. The minimum Gasteiger partial charge on any atom is -0.344 e. The Bertz CT molecular complexity index is 528. The Morgan fingerprint density at radius 3 is 2.89 bits per heavy atom. The molecular formula is C14H19N5. The summed E-state index contributed by atoms with van der Waals surface area (Å²) in [7, 11) is 0. The molecule has 1 saturated heterocycles. The van der Waals surface area contributed by atoms with Gasteiger partial charge in [0.15, 0.2) is 0 Å². The van der Waals surface area contributed by atoms with Crippen molar-refractivity contribution in [2.24, 2.45) is 0 Å². The van der Waals surface area contributed by atoms with E-state index in [1.165, 1.54) is 0 Å². The zero-order valence-electron chi connectivity index (χ0n) is 11.2. The van der Waals surface area contributed by atoms with E-state index >= 15 is 0 Å². The van der Waals surface area contributed by atoms with Gasteiger partial charge in [-0.25, -0.2) is 4.98 Å². The van der Waals surface area contributed by atoms with E-state index < -0.39 is 0 Å². The molecule has 0 spiro atoms. The second kappa shape index (κ2) is 5.50. The van der Waals surface area contributed by atoms with Crippen molar-refractivity contribution in [2.45, 2.75) is 13.5 Å². The molecule has 0 radical (unpaired) electrons. The minimum atomic E-state index is 0.892. The van der Waals surface area contributed by atoms with E-state index in [1.807, 2.05) is 18.3 Å². The number of hydrogen-bond acceptors (Lipinski definition) is 4. The van der Waals surface area contributed by atoms with Gasteiger partial charge in [0.2, 0.25) is 0 Å². The van der Waals surface area contributed by atoms with Gasteiger partial charge < -0.3 is 10.3 Å². The van der Waals surface area contributed by atoms with Gasteiger partial charge in [0.25, 0.3) is 0 Å². The Morgan fingerprint density at radius 1 is 1.32 bits per heavy atom. The molecule has 1 aliphatic rings. The summed E-state index contributed by atoms with van der Waals surface area (Å²) in [6, 6.07) is 3.99. The molecule has 0 bridgehead atoms. The second-order valence-corrected chi connectivity index (χ2v) is 4.92. The summed E-state index contributed by atoms with van der Waals surface area (Å²) >= 11 is 0. The molecule has 2 aromatic heterocycles. The van der Waals surface area contributed by atoms with Gasteiger partial charge in [-0.05, 0) is 19.1 Å². The fourth-order valence-electron chi connectivity index (χ4n) is 2.46. The van der Waals surface area contributed by atoms with E-state index in [4.69, 9.17) is 4.98 Å². The van der Waals surface area contributed by atoms with Crippen LogP contribution in [0.2, 0.25) is 0 Å². The van der Waals surface area contributed by atoms with Crippen LogP contribution in [-0.4, -0.2) is 46.0 Å². The Balaban J connectivity index is 1.77. The fraction of sp³-hybridized carbons (Fsp3) is 0.429. The summed E-state index contributed by atoms with van der Waals surface area (Å²) in [6.07, 6.45) is 3.64. The van der Waals surface area contributed by atoms with Crippen LogP contribution < -0.4 is 5.32 Å². The van der Waals surface area contributed by atoms with Crippen molar-refractivity contribution < 1.29 is 0 Å². The molecule has 1 aliphatic heterocycles. The molecular weight excluding hydrogens is 238 g/mol. The summed E-state index contributed by atoms with van der Waals surface area (Å²) in [4.78, 5) is 14.7. The zero-order valence-corrected chi connectivity index (χ0v) is 11.2. The van der Waals surface area contributed by atoms with Crippen molar-refractivity contribution in [2.75, 3.05) is 26.2 Å². The summed E-state index contributed by atoms with van der Waals surface area (Å²) in [5, 5.41) is 3.36. The van der Waals surface area contributed by atoms with Gasteiger partial charge in [-0.15, -0.1) is 0 Å². The summed E-state index contributed by atoms with van der Waals surface area (Å²) < 4.78 is 0. The summed E-state index contributed by atoms with van der Waals surface area (Å²) in [6.45, 7) is 7.26. The molecule has 0 aliphatic carbocycles. The quantitative estimate of drug-likeness (QED) is 0.867. The SMILES string of the molecule is Cc1[nH]c(CN2CCNCC2)nc1-c1cccnc1. The van der Waals surface area contributed by atoms with Crippen LogP contribution >= 0.6 is 0 Å². The van der Waals surface area contributed by atoms with Crippen molar-refractivity contribution in [1.82, 2.24) is 25.2 Å². The van der Waals surface area contributed by atoms with Crippen LogP contribution in [0.15, 0.2) is 24.5 Å². The second-order valence-electron chi connectivity index (χ2n) is 4.92. The van der Waals surface area contributed by atoms with Crippen LogP contribution in [0.4, 0.5) is 0 Å². The number of imidazole rings is 1. The number of piperazine rings is 1. The maximum atomic E-state index is 4.72. The van der Waals surface area contributed by atoms with E-state index in [9.17, 15) is 0 Å². The van der Waals surface area contributed by atoms with Gasteiger partial charge in [0.05, 0.1) is 12.2 Å². The van der Waals surface area contributed by atoms with E-state index in [1.54, 1.807) is 6.20 Å². The number of aromatic amines is 1. The topological polar surface area (TPSA) is 56.8 Å². The Hall–Kier alpha value is -1.72. The molecule has 3 heterocycles. The maximum absolute atomic E-state index is 4.72. The Labute approximate surface area is 113 Å². The number of aromatic nitrogens is 3. The van der Waals surface area contributed by atoms with Crippen LogP contribution in [0.5, 0.6) is 0 Å². The average Bonchev–Trinajstić information content (AvgIpc) is 2.82. The van der Waals surface area contributed by atoms with Crippen molar-refractivity contribution in [3.63, 3.8) is 0 Å². The maximum Gasteiger partial charge on any atom is 0.121 e. The van der Waals surface area contributed by atoms with Crippen LogP contribution in [-0.2, 0) is 6.54 Å². The molecule has 0 atom stereocenters. The summed E-state index contributed by atoms with van der Waals surface area (Å²) in [5.74, 6) is 1.04. The molecule has 3 rings (SSSR count). The lowest BCUT2D eigenvalue weighted by Gasteiger charge is -2.26. The van der Waals surface area contributed by atoms with Crippen molar-refractivity contribution in [3.8, 4) is 11.3 Å². The van der Waals surface area contributed by atoms with Crippen molar-refractivity contribution in [3.05, 3.63) is 36.0 Å². The highest BCUT2D eigenvalue weighted by Gasteiger charge is 2.14. The highest BCUT2D eigenvalue weighted by molar-refractivity contribution is 5.60. The third-order valence-electron chi connectivity index (χ3n) is 3.45. The number of hydrogen-bond donors (Lipinski definition) is 2. The van der Waals surface area contributed by atoms with Crippen LogP contribution in [0.25, 0.3) is 11.3 Å². The van der Waals surface area contributed by atoms with Crippen molar-refractivity contribution >= 4 is 0 Å². The lowest BCUT2D eigenvalue weighted by Crippen LogP contribution is -2.43. The third kappa shape index (κ3) is 2.83. The average molecular weight is 257 g/mol. The van der Waals surface area contributed by atoms with E-state index in [-0.39, 0.29) is 0 Å². The number of aryl methyl sites for hydroxylation is 1. The third-order valence-corrected chi connectivity index (χ3v) is 3.45. The highest BCUT2D eigenvalue weighted by Crippen LogP contribution is 2.20. The van der Waals surface area contributed by atoms with Gasteiger partial charge in [-0.1, -0.05) is 0 Å². The Morgan fingerprint density at radius 2 is 2.16 bits per heavy atom. The molecule has 5 nitrogen and oxygen atoms in total. The standard InChI is InChI=1S/C14H19N5/c1-11-14(12-3-2-4-16-9-12)18-13(17-11)10-19-7-5-15-6-8-19/h2-4,9,15H,5-8,10H2,1H3,(H,17,18). The van der Waals surface area contributed by atoms with Crippen LogP contribution in [0, 0.1) is 6.92 Å². The monoisotopic (exact) mass is 257 g/mol. The van der Waals surface area contributed by atoms with Crippen LogP contribution in [0.1, 0.15) is 11.5 Å². The van der Waals surface area contributed by atoms with Gasteiger partial charge >= 0.3 is 0 Å². The molecule has 19 heavy (non-hydrogen) atoms. The molecule has 0 saturated carbocycles. The number of nitrogens with zero attached hydrogens (tertiary/aromatic N) is 3. The van der Waals surface area contributed by atoms with Gasteiger partial charge in [-0.2, -0.15) is 0 Å². The fourth-order valence-corrected chi connectivity index (χ4v) is 2.46. The van der Waals surface area contributed by atoms with Crippen molar-refractivity contribution in [1.29, 1.82) is 0 Å². The predicted molar refractivity (Wildman–Crippen MR) is 74.7 cm³/mol. The molecule has 1 fully saturated rings. The van der Waals surface area contributed by atoms with E-state index in [0.717, 1.165) is 55.5 Å². The predicted octanol–water partition coefficient (Wildman–Crippen LogP) is 1.19. The zero-order chi connectivity index (χ0) is 13.1. The molecule has 0 unspecified atom stereocenters. The lowest BCUT2D eigenvalue weighted by atomic mass is 10.2. The molecule has 2 aromatic rings. The smallest absolute Gasteiger partial charge is 0.121 e. The number of nitrogens with one attached hydrogen (secondary N) is 2. The molecule has 5 heteroatoms. The molecule has 100 valence electrons. The Kier molecular flexibility index (Phi) is 3.57. The van der Waals surface area contributed by atoms with E-state index in [2.05, 4.69) is 27.1 Å².